The SMILES string of the molecule is C=C/C=C(\C=C/COC(C)(C)CC(C)O)C(C)(C)c1ccc(OC(C)C)cc1. The Labute approximate surface area is 171 Å². The molecule has 0 aliphatic heterocycles. The van der Waals surface area contributed by atoms with Crippen molar-refractivity contribution >= 4 is 0 Å². The molecule has 28 heavy (non-hydrogen) atoms. The number of hydrogen-bond donors (Lipinski definition) is 1. The number of allylic oxidation sites excluding steroid dienone is 4. The Morgan fingerprint density at radius 2 is 1.71 bits per heavy atom. The predicted octanol–water partition coefficient (Wildman–Crippen LogP) is 5.99. The van der Waals surface area contributed by atoms with Crippen molar-refractivity contribution < 1.29 is 14.6 Å². The van der Waals surface area contributed by atoms with Crippen molar-refractivity contribution in [2.24, 2.45) is 0 Å². The summed E-state index contributed by atoms with van der Waals surface area (Å²) in [5.74, 6) is 0.882. The van der Waals surface area contributed by atoms with Gasteiger partial charge in [0.25, 0.3) is 0 Å². The molecule has 3 heteroatoms. The fraction of sp³-hybridized carbons (Fsp3) is 0.520. The van der Waals surface area contributed by atoms with Crippen LogP contribution >= 0.6 is 0 Å². The molecule has 0 heterocycles. The number of benzene rings is 1. The van der Waals surface area contributed by atoms with Crippen LogP contribution in [0, 0.1) is 0 Å². The largest absolute Gasteiger partial charge is 0.491 e. The molecule has 1 rings (SSSR count). The molecule has 1 unspecified atom stereocenters. The van der Waals surface area contributed by atoms with Crippen molar-refractivity contribution in [1.82, 2.24) is 0 Å². The molecule has 1 atom stereocenters. The second-order valence-electron chi connectivity index (χ2n) is 8.70. The minimum atomic E-state index is -0.378. The smallest absolute Gasteiger partial charge is 0.119 e. The Hall–Kier alpha value is -1.84. The van der Waals surface area contributed by atoms with E-state index in [1.807, 2.05) is 58.1 Å². The van der Waals surface area contributed by atoms with E-state index in [1.165, 1.54) is 5.56 Å². The van der Waals surface area contributed by atoms with E-state index in [-0.39, 0.29) is 23.2 Å². The van der Waals surface area contributed by atoms with Crippen LogP contribution in [0.5, 0.6) is 5.75 Å². The second-order valence-corrected chi connectivity index (χ2v) is 8.70. The summed E-state index contributed by atoms with van der Waals surface area (Å²) in [7, 11) is 0. The van der Waals surface area contributed by atoms with E-state index in [2.05, 4.69) is 38.6 Å². The van der Waals surface area contributed by atoms with Gasteiger partial charge in [-0.25, -0.2) is 0 Å². The van der Waals surface area contributed by atoms with Gasteiger partial charge >= 0.3 is 0 Å². The third-order valence-electron chi connectivity index (χ3n) is 4.62. The summed E-state index contributed by atoms with van der Waals surface area (Å²) in [5, 5.41) is 9.58. The van der Waals surface area contributed by atoms with Gasteiger partial charge in [-0.2, -0.15) is 0 Å². The highest BCUT2D eigenvalue weighted by atomic mass is 16.5. The first-order valence-corrected chi connectivity index (χ1v) is 10.1. The van der Waals surface area contributed by atoms with Crippen molar-refractivity contribution in [2.45, 2.75) is 78.1 Å². The number of aliphatic hydroxyl groups excluding tert-OH is 1. The lowest BCUT2D eigenvalue weighted by Crippen LogP contribution is -2.29. The first-order valence-electron chi connectivity index (χ1n) is 10.1. The lowest BCUT2D eigenvalue weighted by atomic mass is 9.77. The highest BCUT2D eigenvalue weighted by Crippen LogP contribution is 2.33. The maximum atomic E-state index is 9.58. The van der Waals surface area contributed by atoms with Gasteiger partial charge in [0.05, 0.1) is 24.4 Å². The Morgan fingerprint density at radius 3 is 2.21 bits per heavy atom. The molecule has 0 aliphatic carbocycles. The van der Waals surface area contributed by atoms with Crippen molar-refractivity contribution in [3.05, 3.63) is 66.3 Å². The van der Waals surface area contributed by atoms with Crippen LogP contribution in [0.3, 0.4) is 0 Å². The summed E-state index contributed by atoms with van der Waals surface area (Å²) in [6.45, 7) is 18.6. The topological polar surface area (TPSA) is 38.7 Å². The van der Waals surface area contributed by atoms with Crippen LogP contribution in [0.2, 0.25) is 0 Å². The third-order valence-corrected chi connectivity index (χ3v) is 4.62. The van der Waals surface area contributed by atoms with Crippen LogP contribution in [-0.4, -0.2) is 29.5 Å². The molecule has 0 fully saturated rings. The van der Waals surface area contributed by atoms with Gasteiger partial charge in [-0.1, -0.05) is 56.9 Å². The van der Waals surface area contributed by atoms with Gasteiger partial charge in [-0.3, -0.25) is 0 Å². The first-order chi connectivity index (χ1) is 13.0. The Morgan fingerprint density at radius 1 is 1.11 bits per heavy atom. The average molecular weight is 387 g/mol. The predicted molar refractivity (Wildman–Crippen MR) is 119 cm³/mol. The van der Waals surface area contributed by atoms with Crippen LogP contribution in [0.1, 0.15) is 60.5 Å². The van der Waals surface area contributed by atoms with Crippen LogP contribution in [-0.2, 0) is 10.2 Å². The van der Waals surface area contributed by atoms with Crippen molar-refractivity contribution in [1.29, 1.82) is 0 Å². The van der Waals surface area contributed by atoms with E-state index < -0.39 is 0 Å². The number of hydrogen-bond acceptors (Lipinski definition) is 3. The minimum absolute atomic E-state index is 0.163. The van der Waals surface area contributed by atoms with E-state index in [9.17, 15) is 5.11 Å². The Kier molecular flexibility index (Phi) is 9.19. The normalized spacial score (nSPS) is 14.5. The number of ether oxygens (including phenoxy) is 2. The summed E-state index contributed by atoms with van der Waals surface area (Å²) in [4.78, 5) is 0. The zero-order chi connectivity index (χ0) is 21.4. The Balaban J connectivity index is 2.88. The lowest BCUT2D eigenvalue weighted by Gasteiger charge is -2.28. The van der Waals surface area contributed by atoms with Gasteiger partial charge in [0, 0.05) is 11.8 Å². The Bertz CT molecular complexity index is 662. The van der Waals surface area contributed by atoms with Gasteiger partial charge in [-0.15, -0.1) is 0 Å². The van der Waals surface area contributed by atoms with E-state index in [0.717, 1.165) is 11.3 Å². The lowest BCUT2D eigenvalue weighted by molar-refractivity contribution is -0.0331. The van der Waals surface area contributed by atoms with Gasteiger partial charge in [0.15, 0.2) is 0 Å². The molecule has 0 amide bonds. The molecule has 3 nitrogen and oxygen atoms in total. The molecule has 0 saturated carbocycles. The fourth-order valence-corrected chi connectivity index (χ4v) is 3.21. The molecule has 1 N–H and O–H groups in total. The van der Waals surface area contributed by atoms with Gasteiger partial charge in [-0.05, 0) is 57.9 Å². The van der Waals surface area contributed by atoms with Crippen LogP contribution in [0.4, 0.5) is 0 Å². The molecule has 0 radical (unpaired) electrons. The molecule has 1 aromatic carbocycles. The monoisotopic (exact) mass is 386 g/mol. The molecular weight excluding hydrogens is 348 g/mol. The van der Waals surface area contributed by atoms with Crippen molar-refractivity contribution in [3.8, 4) is 5.75 Å². The third kappa shape index (κ3) is 8.04. The highest BCUT2D eigenvalue weighted by Gasteiger charge is 2.24. The van der Waals surface area contributed by atoms with E-state index in [0.29, 0.717) is 13.0 Å². The highest BCUT2D eigenvalue weighted by molar-refractivity contribution is 5.43. The minimum Gasteiger partial charge on any atom is -0.491 e. The molecule has 0 saturated heterocycles. The molecule has 0 aliphatic rings. The number of rotatable bonds is 11. The zero-order valence-electron chi connectivity index (χ0n) is 18.7. The average Bonchev–Trinajstić information content (AvgIpc) is 2.56. The summed E-state index contributed by atoms with van der Waals surface area (Å²) >= 11 is 0. The maximum absolute atomic E-state index is 9.58. The summed E-state index contributed by atoms with van der Waals surface area (Å²) in [6.07, 6.45) is 8.36. The second kappa shape index (κ2) is 10.6. The number of aliphatic hydroxyl groups is 1. The zero-order valence-corrected chi connectivity index (χ0v) is 18.7. The van der Waals surface area contributed by atoms with Crippen molar-refractivity contribution in [2.75, 3.05) is 6.61 Å². The van der Waals surface area contributed by atoms with Crippen LogP contribution in [0.15, 0.2) is 60.7 Å². The van der Waals surface area contributed by atoms with E-state index in [1.54, 1.807) is 6.92 Å². The van der Waals surface area contributed by atoms with E-state index >= 15 is 0 Å². The van der Waals surface area contributed by atoms with Gasteiger partial charge in [0.1, 0.15) is 5.75 Å². The molecule has 0 spiro atoms. The first kappa shape index (κ1) is 24.2. The van der Waals surface area contributed by atoms with Gasteiger partial charge < -0.3 is 14.6 Å². The molecular formula is C25H38O3. The van der Waals surface area contributed by atoms with Crippen molar-refractivity contribution in [3.63, 3.8) is 0 Å². The standard InChI is InChI=1S/C25H38O3/c1-9-11-21(12-10-17-27-24(5,6)18-20(4)26)25(7,8)22-13-15-23(16-14-22)28-19(2)3/h9-16,19-20,26H,1,17-18H2,2-8H3/b12-10-,21-11+. The van der Waals surface area contributed by atoms with Crippen LogP contribution in [0.25, 0.3) is 0 Å². The maximum Gasteiger partial charge on any atom is 0.119 e. The molecule has 1 aromatic rings. The summed E-state index contributed by atoms with van der Waals surface area (Å²) < 4.78 is 11.7. The molecule has 0 bridgehead atoms. The van der Waals surface area contributed by atoms with Crippen LogP contribution < -0.4 is 4.74 Å². The van der Waals surface area contributed by atoms with E-state index in [4.69, 9.17) is 9.47 Å². The quantitative estimate of drug-likeness (QED) is 0.475. The summed E-state index contributed by atoms with van der Waals surface area (Å²) in [5.41, 5.74) is 1.81. The molecule has 156 valence electrons. The molecule has 0 aromatic heterocycles. The van der Waals surface area contributed by atoms with Gasteiger partial charge in [0.2, 0.25) is 0 Å². The fourth-order valence-electron chi connectivity index (χ4n) is 3.21. The summed E-state index contributed by atoms with van der Waals surface area (Å²) in [6, 6.07) is 8.28.